The van der Waals surface area contributed by atoms with E-state index in [9.17, 15) is 9.90 Å². The monoisotopic (exact) mass is 391 g/mol. The molecule has 1 aromatic carbocycles. The summed E-state index contributed by atoms with van der Waals surface area (Å²) in [6.07, 6.45) is 1.76. The van der Waals surface area contributed by atoms with Crippen LogP contribution in [0.15, 0.2) is 58.9 Å². The first-order chi connectivity index (χ1) is 14.1. The molecule has 0 saturated heterocycles. The summed E-state index contributed by atoms with van der Waals surface area (Å²) in [4.78, 5) is 17.1. The SMILES string of the molecule is CCOCCn1c(O)c(N=NC(=O)c2c(C)nc3ccccn23)c2ccccc21. The lowest BCUT2D eigenvalue weighted by atomic mass is 10.2. The largest absolute Gasteiger partial charge is 0.493 e. The Hall–Kier alpha value is -3.52. The van der Waals surface area contributed by atoms with Crippen LogP contribution in [0.25, 0.3) is 16.6 Å². The molecule has 1 N–H and O–H groups in total. The highest BCUT2D eigenvalue weighted by Gasteiger charge is 2.19. The van der Waals surface area contributed by atoms with Crippen molar-refractivity contribution in [1.82, 2.24) is 14.0 Å². The van der Waals surface area contributed by atoms with Gasteiger partial charge in [0.15, 0.2) is 5.69 Å². The number of carbonyl (C=O) groups excluding carboxylic acids is 1. The van der Waals surface area contributed by atoms with Gasteiger partial charge in [-0.25, -0.2) is 4.98 Å². The number of ether oxygens (including phenoxy) is 1. The van der Waals surface area contributed by atoms with Gasteiger partial charge in [0.2, 0.25) is 5.88 Å². The van der Waals surface area contributed by atoms with Gasteiger partial charge in [-0.3, -0.25) is 9.20 Å². The molecule has 29 heavy (non-hydrogen) atoms. The zero-order chi connectivity index (χ0) is 20.4. The van der Waals surface area contributed by atoms with Crippen molar-refractivity contribution >= 4 is 28.1 Å². The summed E-state index contributed by atoms with van der Waals surface area (Å²) in [5.41, 5.74) is 2.65. The van der Waals surface area contributed by atoms with E-state index in [1.165, 1.54) is 0 Å². The average Bonchev–Trinajstić information content (AvgIpc) is 3.20. The molecule has 8 nitrogen and oxygen atoms in total. The van der Waals surface area contributed by atoms with Gasteiger partial charge in [-0.05, 0) is 32.0 Å². The summed E-state index contributed by atoms with van der Waals surface area (Å²) in [5, 5.41) is 19.4. The third-order valence-electron chi connectivity index (χ3n) is 4.73. The van der Waals surface area contributed by atoms with Gasteiger partial charge in [-0.2, -0.15) is 0 Å². The molecule has 0 saturated carbocycles. The van der Waals surface area contributed by atoms with Crippen molar-refractivity contribution in [1.29, 1.82) is 0 Å². The number of benzene rings is 1. The van der Waals surface area contributed by atoms with Crippen LogP contribution in [0.1, 0.15) is 23.1 Å². The molecule has 8 heteroatoms. The lowest BCUT2D eigenvalue weighted by molar-refractivity contribution is 0.0988. The van der Waals surface area contributed by atoms with Gasteiger partial charge >= 0.3 is 5.91 Å². The molecule has 0 spiro atoms. The van der Waals surface area contributed by atoms with Gasteiger partial charge in [0, 0.05) is 24.7 Å². The number of nitrogens with zero attached hydrogens (tertiary/aromatic N) is 5. The highest BCUT2D eigenvalue weighted by atomic mass is 16.5. The number of aromatic nitrogens is 3. The average molecular weight is 391 g/mol. The van der Waals surface area contributed by atoms with Crippen molar-refractivity contribution in [3.63, 3.8) is 0 Å². The molecular weight excluding hydrogens is 370 g/mol. The van der Waals surface area contributed by atoms with Crippen LogP contribution in [0.2, 0.25) is 0 Å². The number of para-hydroxylation sites is 1. The van der Waals surface area contributed by atoms with Crippen molar-refractivity contribution in [3.8, 4) is 5.88 Å². The molecule has 1 amide bonds. The predicted octanol–water partition coefficient (Wildman–Crippen LogP) is 4.26. The summed E-state index contributed by atoms with van der Waals surface area (Å²) in [6, 6.07) is 12.9. The number of azo groups is 1. The summed E-state index contributed by atoms with van der Waals surface area (Å²) in [7, 11) is 0. The quantitative estimate of drug-likeness (QED) is 0.392. The van der Waals surface area contributed by atoms with Crippen LogP contribution in [0.5, 0.6) is 5.88 Å². The van der Waals surface area contributed by atoms with E-state index in [-0.39, 0.29) is 11.6 Å². The molecule has 0 aliphatic heterocycles. The zero-order valence-corrected chi connectivity index (χ0v) is 16.2. The minimum Gasteiger partial charge on any atom is -0.493 e. The smallest absolute Gasteiger partial charge is 0.314 e. The van der Waals surface area contributed by atoms with E-state index in [4.69, 9.17) is 4.74 Å². The van der Waals surface area contributed by atoms with Gasteiger partial charge in [0.05, 0.1) is 17.8 Å². The highest BCUT2D eigenvalue weighted by molar-refractivity contribution is 5.97. The second kappa shape index (κ2) is 7.84. The first-order valence-electron chi connectivity index (χ1n) is 9.39. The van der Waals surface area contributed by atoms with Crippen molar-refractivity contribution in [3.05, 3.63) is 60.0 Å². The maximum atomic E-state index is 12.7. The normalized spacial score (nSPS) is 11.8. The molecule has 4 rings (SSSR count). The van der Waals surface area contributed by atoms with Gasteiger partial charge in [0.25, 0.3) is 0 Å². The topological polar surface area (TPSA) is 93.5 Å². The number of pyridine rings is 1. The van der Waals surface area contributed by atoms with Crippen LogP contribution in [0, 0.1) is 6.92 Å². The minimum atomic E-state index is -0.522. The van der Waals surface area contributed by atoms with E-state index in [0.29, 0.717) is 42.2 Å². The lowest BCUT2D eigenvalue weighted by Crippen LogP contribution is -2.05. The fourth-order valence-corrected chi connectivity index (χ4v) is 3.41. The maximum absolute atomic E-state index is 12.7. The van der Waals surface area contributed by atoms with E-state index in [2.05, 4.69) is 15.2 Å². The van der Waals surface area contributed by atoms with Crippen LogP contribution >= 0.6 is 0 Å². The minimum absolute atomic E-state index is 0.0442. The number of fused-ring (bicyclic) bond motifs is 2. The van der Waals surface area contributed by atoms with Crippen LogP contribution in [0.3, 0.4) is 0 Å². The molecule has 3 aromatic heterocycles. The van der Waals surface area contributed by atoms with E-state index < -0.39 is 5.91 Å². The van der Waals surface area contributed by atoms with Crippen LogP contribution < -0.4 is 0 Å². The Labute approximate surface area is 167 Å². The molecule has 148 valence electrons. The summed E-state index contributed by atoms with van der Waals surface area (Å²) < 4.78 is 8.80. The zero-order valence-electron chi connectivity index (χ0n) is 16.2. The number of imidazole rings is 1. The molecule has 0 atom stereocenters. The molecule has 0 aliphatic rings. The Balaban J connectivity index is 1.72. The molecule has 0 fully saturated rings. The number of aromatic hydroxyl groups is 1. The summed E-state index contributed by atoms with van der Waals surface area (Å²) >= 11 is 0. The number of amides is 1. The van der Waals surface area contributed by atoms with Gasteiger partial charge in [-0.15, -0.1) is 10.2 Å². The fraction of sp³-hybridized carbons (Fsp3) is 0.238. The number of aryl methyl sites for hydroxylation is 1. The highest BCUT2D eigenvalue weighted by Crippen LogP contribution is 2.38. The second-order valence-electron chi connectivity index (χ2n) is 6.52. The molecule has 0 radical (unpaired) electrons. The van der Waals surface area contributed by atoms with E-state index in [1.54, 1.807) is 22.1 Å². The first kappa shape index (κ1) is 18.8. The summed E-state index contributed by atoms with van der Waals surface area (Å²) in [6.45, 7) is 5.20. The Kier molecular flexibility index (Phi) is 5.09. The second-order valence-corrected chi connectivity index (χ2v) is 6.52. The van der Waals surface area contributed by atoms with E-state index >= 15 is 0 Å². The molecule has 0 aliphatic carbocycles. The molecular formula is C21H21N5O3. The van der Waals surface area contributed by atoms with Gasteiger partial charge in [0.1, 0.15) is 11.3 Å². The van der Waals surface area contributed by atoms with Crippen LogP contribution in [0.4, 0.5) is 5.69 Å². The Morgan fingerprint density at radius 1 is 1.21 bits per heavy atom. The number of rotatable bonds is 6. The van der Waals surface area contributed by atoms with Gasteiger partial charge < -0.3 is 14.4 Å². The van der Waals surface area contributed by atoms with Crippen LogP contribution in [-0.4, -0.2) is 38.2 Å². The number of hydrogen-bond donors (Lipinski definition) is 1. The van der Waals surface area contributed by atoms with Crippen molar-refractivity contribution in [2.45, 2.75) is 20.4 Å². The molecule has 0 bridgehead atoms. The van der Waals surface area contributed by atoms with E-state index in [1.807, 2.05) is 49.4 Å². The van der Waals surface area contributed by atoms with E-state index in [0.717, 1.165) is 5.52 Å². The third-order valence-corrected chi connectivity index (χ3v) is 4.73. The fourth-order valence-electron chi connectivity index (χ4n) is 3.41. The molecule has 0 unspecified atom stereocenters. The van der Waals surface area contributed by atoms with Crippen molar-refractivity contribution in [2.75, 3.05) is 13.2 Å². The Bertz CT molecular complexity index is 1220. The van der Waals surface area contributed by atoms with Crippen LogP contribution in [-0.2, 0) is 11.3 Å². The predicted molar refractivity (Wildman–Crippen MR) is 109 cm³/mol. The standard InChI is InChI=1S/C21H21N5O3/c1-3-29-13-12-25-16-9-5-4-8-15(16)18(21(25)28)23-24-20(27)19-14(2)22-17-10-6-7-11-26(17)19/h4-11,28H,3,12-13H2,1-2H3. The van der Waals surface area contributed by atoms with Crippen molar-refractivity contribution in [2.24, 2.45) is 10.2 Å². The first-order valence-corrected chi connectivity index (χ1v) is 9.39. The van der Waals surface area contributed by atoms with Gasteiger partial charge in [-0.1, -0.05) is 24.3 Å². The molecule has 4 aromatic rings. The number of hydrogen-bond acceptors (Lipinski definition) is 5. The lowest BCUT2D eigenvalue weighted by Gasteiger charge is -2.06. The number of carbonyl (C=O) groups is 1. The maximum Gasteiger partial charge on any atom is 0.314 e. The van der Waals surface area contributed by atoms with Crippen molar-refractivity contribution < 1.29 is 14.6 Å². The molecule has 3 heterocycles. The Morgan fingerprint density at radius 2 is 2.00 bits per heavy atom. The third kappa shape index (κ3) is 3.38. The Morgan fingerprint density at radius 3 is 2.83 bits per heavy atom. The summed E-state index contributed by atoms with van der Waals surface area (Å²) in [5.74, 6) is -0.566.